The molecule has 0 aliphatic rings. The number of esters is 1. The largest absolute Gasteiger partial charge is 0.465 e. The molecule has 0 atom stereocenters. The highest BCUT2D eigenvalue weighted by molar-refractivity contribution is 7.80. The van der Waals surface area contributed by atoms with Crippen molar-refractivity contribution in [2.24, 2.45) is 0 Å². The van der Waals surface area contributed by atoms with Crippen molar-refractivity contribution in [2.45, 2.75) is 34.2 Å². The number of nitrogens with one attached hydrogen (secondary N) is 2. The van der Waals surface area contributed by atoms with Gasteiger partial charge in [0.05, 0.1) is 17.6 Å². The molecule has 29 heavy (non-hydrogen) atoms. The molecule has 0 spiro atoms. The molecule has 0 unspecified atom stereocenters. The summed E-state index contributed by atoms with van der Waals surface area (Å²) in [4.78, 5) is 27.4. The Kier molecular flexibility index (Phi) is 8.16. The van der Waals surface area contributed by atoms with Crippen molar-refractivity contribution in [2.75, 3.05) is 25.5 Å². The molecule has 0 bridgehead atoms. The van der Waals surface area contributed by atoms with Gasteiger partial charge in [-0.2, -0.15) is 0 Å². The van der Waals surface area contributed by atoms with Gasteiger partial charge in [0.25, 0.3) is 5.91 Å². The second kappa shape index (κ2) is 10.4. The summed E-state index contributed by atoms with van der Waals surface area (Å²) in [5.74, 6) is -0.601. The highest BCUT2D eigenvalue weighted by atomic mass is 32.1. The molecule has 2 rings (SSSR count). The fourth-order valence-electron chi connectivity index (χ4n) is 2.84. The van der Waals surface area contributed by atoms with Gasteiger partial charge in [-0.25, -0.2) is 4.79 Å². The number of rotatable bonds is 7. The van der Waals surface area contributed by atoms with Gasteiger partial charge in [0.15, 0.2) is 5.11 Å². The number of amides is 1. The standard InChI is InChI=1S/C21H27N3O3S2/c1-6-24(7-2)19(25)17-14(4)16(20(26)27-5)18(29-17)23-21(28)22-12-15-10-8-13(3)9-11-15/h8-11H,6-7,12H2,1-5H3,(H2,22,23,28). The zero-order chi connectivity index (χ0) is 21.6. The van der Waals surface area contributed by atoms with E-state index in [1.54, 1.807) is 11.8 Å². The van der Waals surface area contributed by atoms with Crippen LogP contribution in [0.25, 0.3) is 0 Å². The number of thiophene rings is 1. The molecular weight excluding hydrogens is 406 g/mol. The van der Waals surface area contributed by atoms with Crippen LogP contribution < -0.4 is 10.6 Å². The van der Waals surface area contributed by atoms with Crippen LogP contribution in [0.2, 0.25) is 0 Å². The summed E-state index contributed by atoms with van der Waals surface area (Å²) in [6.07, 6.45) is 0. The Labute approximate surface area is 181 Å². The molecule has 0 aliphatic heterocycles. The van der Waals surface area contributed by atoms with Crippen LogP contribution in [0.4, 0.5) is 5.00 Å². The maximum Gasteiger partial charge on any atom is 0.341 e. The van der Waals surface area contributed by atoms with E-state index in [0.717, 1.165) is 5.56 Å². The number of hydrogen-bond donors (Lipinski definition) is 2. The van der Waals surface area contributed by atoms with Gasteiger partial charge < -0.3 is 20.3 Å². The summed E-state index contributed by atoms with van der Waals surface area (Å²) >= 11 is 6.61. The first-order valence-electron chi connectivity index (χ1n) is 9.43. The molecule has 1 aromatic heterocycles. The van der Waals surface area contributed by atoms with Crippen LogP contribution >= 0.6 is 23.6 Å². The van der Waals surface area contributed by atoms with Crippen molar-refractivity contribution in [3.05, 3.63) is 51.4 Å². The van der Waals surface area contributed by atoms with Crippen molar-refractivity contribution in [3.63, 3.8) is 0 Å². The second-order valence-electron chi connectivity index (χ2n) is 6.52. The molecule has 1 heterocycles. The predicted octanol–water partition coefficient (Wildman–Crippen LogP) is 4.12. The van der Waals surface area contributed by atoms with E-state index in [1.807, 2.05) is 45.0 Å². The maximum absolute atomic E-state index is 12.8. The molecule has 6 nitrogen and oxygen atoms in total. The number of carbonyl (C=O) groups is 2. The van der Waals surface area contributed by atoms with Crippen molar-refractivity contribution >= 4 is 45.5 Å². The Bertz CT molecular complexity index is 887. The lowest BCUT2D eigenvalue weighted by Crippen LogP contribution is -2.30. The zero-order valence-corrected chi connectivity index (χ0v) is 19.1. The van der Waals surface area contributed by atoms with Gasteiger partial charge in [-0.3, -0.25) is 4.79 Å². The Hall–Kier alpha value is -2.45. The lowest BCUT2D eigenvalue weighted by Gasteiger charge is -2.17. The Morgan fingerprint density at radius 1 is 1.14 bits per heavy atom. The van der Waals surface area contributed by atoms with Gasteiger partial charge in [0.2, 0.25) is 0 Å². The predicted molar refractivity (Wildman–Crippen MR) is 122 cm³/mol. The van der Waals surface area contributed by atoms with Gasteiger partial charge in [-0.05, 0) is 51.0 Å². The van der Waals surface area contributed by atoms with E-state index in [1.165, 1.54) is 24.0 Å². The number of benzene rings is 1. The van der Waals surface area contributed by atoms with Crippen LogP contribution in [0.5, 0.6) is 0 Å². The summed E-state index contributed by atoms with van der Waals surface area (Å²) in [5, 5.41) is 7.08. The minimum atomic E-state index is -0.499. The lowest BCUT2D eigenvalue weighted by atomic mass is 10.1. The molecule has 0 fully saturated rings. The minimum absolute atomic E-state index is 0.103. The Balaban J connectivity index is 2.22. The number of methoxy groups -OCH3 is 1. The normalized spacial score (nSPS) is 10.4. The molecule has 156 valence electrons. The maximum atomic E-state index is 12.8. The van der Waals surface area contributed by atoms with E-state index in [4.69, 9.17) is 17.0 Å². The third-order valence-electron chi connectivity index (χ3n) is 4.58. The molecule has 1 aromatic carbocycles. The molecule has 0 aliphatic carbocycles. The first kappa shape index (κ1) is 22.8. The first-order valence-corrected chi connectivity index (χ1v) is 10.7. The van der Waals surface area contributed by atoms with Gasteiger partial charge >= 0.3 is 5.97 Å². The van der Waals surface area contributed by atoms with Crippen molar-refractivity contribution in [1.29, 1.82) is 0 Å². The number of thiocarbonyl (C=S) groups is 1. The Morgan fingerprint density at radius 3 is 2.31 bits per heavy atom. The van der Waals surface area contributed by atoms with Gasteiger partial charge in [-0.15, -0.1) is 11.3 Å². The van der Waals surface area contributed by atoms with Crippen molar-refractivity contribution in [1.82, 2.24) is 10.2 Å². The van der Waals surface area contributed by atoms with E-state index in [0.29, 0.717) is 45.8 Å². The number of anilines is 1. The van der Waals surface area contributed by atoms with Gasteiger partial charge in [-0.1, -0.05) is 29.8 Å². The van der Waals surface area contributed by atoms with E-state index in [2.05, 4.69) is 10.6 Å². The molecule has 0 saturated heterocycles. The third-order valence-corrected chi connectivity index (χ3v) is 6.02. The fourth-order valence-corrected chi connectivity index (χ4v) is 4.25. The average Bonchev–Trinajstić information content (AvgIpc) is 3.03. The molecule has 8 heteroatoms. The van der Waals surface area contributed by atoms with Crippen LogP contribution in [-0.4, -0.2) is 42.1 Å². The summed E-state index contributed by atoms with van der Waals surface area (Å²) < 4.78 is 4.93. The third kappa shape index (κ3) is 5.55. The zero-order valence-electron chi connectivity index (χ0n) is 17.4. The average molecular weight is 434 g/mol. The van der Waals surface area contributed by atoms with Crippen molar-refractivity contribution in [3.8, 4) is 0 Å². The first-order chi connectivity index (χ1) is 13.8. The number of carbonyl (C=O) groups excluding carboxylic acids is 2. The molecule has 0 saturated carbocycles. The smallest absolute Gasteiger partial charge is 0.341 e. The monoisotopic (exact) mass is 433 g/mol. The highest BCUT2D eigenvalue weighted by Crippen LogP contribution is 2.34. The summed E-state index contributed by atoms with van der Waals surface area (Å²) in [5.41, 5.74) is 3.22. The molecule has 0 radical (unpaired) electrons. The SMILES string of the molecule is CCN(CC)C(=O)c1sc(NC(=S)NCc2ccc(C)cc2)c(C(=O)OC)c1C. The van der Waals surface area contributed by atoms with Gasteiger partial charge in [0.1, 0.15) is 5.00 Å². The molecule has 2 N–H and O–H groups in total. The number of nitrogens with zero attached hydrogens (tertiary/aromatic N) is 1. The summed E-state index contributed by atoms with van der Waals surface area (Å²) in [6.45, 7) is 9.39. The van der Waals surface area contributed by atoms with E-state index in [-0.39, 0.29) is 5.91 Å². The quantitative estimate of drug-likeness (QED) is 0.506. The number of aryl methyl sites for hydroxylation is 1. The molecular formula is C21H27N3O3S2. The topological polar surface area (TPSA) is 70.7 Å². The van der Waals surface area contributed by atoms with Gasteiger partial charge in [0, 0.05) is 19.6 Å². The molecule has 2 aromatic rings. The van der Waals surface area contributed by atoms with E-state index < -0.39 is 5.97 Å². The number of ether oxygens (including phenoxy) is 1. The van der Waals surface area contributed by atoms with E-state index >= 15 is 0 Å². The van der Waals surface area contributed by atoms with Crippen molar-refractivity contribution < 1.29 is 14.3 Å². The van der Waals surface area contributed by atoms with Crippen LogP contribution in [0.3, 0.4) is 0 Å². The Morgan fingerprint density at radius 2 is 1.76 bits per heavy atom. The number of hydrogen-bond acceptors (Lipinski definition) is 5. The fraction of sp³-hybridized carbons (Fsp3) is 0.381. The van der Waals surface area contributed by atoms with Crippen LogP contribution in [0, 0.1) is 13.8 Å². The highest BCUT2D eigenvalue weighted by Gasteiger charge is 2.27. The lowest BCUT2D eigenvalue weighted by molar-refractivity contribution is 0.0601. The van der Waals surface area contributed by atoms with Crippen LogP contribution in [0.1, 0.15) is 50.6 Å². The summed E-state index contributed by atoms with van der Waals surface area (Å²) in [7, 11) is 1.32. The molecule has 1 amide bonds. The van der Waals surface area contributed by atoms with E-state index in [9.17, 15) is 9.59 Å². The van der Waals surface area contributed by atoms with Crippen LogP contribution in [0.15, 0.2) is 24.3 Å². The summed E-state index contributed by atoms with van der Waals surface area (Å²) in [6, 6.07) is 8.13. The second-order valence-corrected chi connectivity index (χ2v) is 7.95. The van der Waals surface area contributed by atoms with Crippen LogP contribution in [-0.2, 0) is 11.3 Å². The minimum Gasteiger partial charge on any atom is -0.465 e.